The van der Waals surface area contributed by atoms with Gasteiger partial charge in [-0.2, -0.15) is 4.99 Å². The molecule has 0 aliphatic carbocycles. The highest BCUT2D eigenvalue weighted by atomic mass is 32.2. The van der Waals surface area contributed by atoms with Crippen molar-refractivity contribution >= 4 is 51.9 Å². The lowest BCUT2D eigenvalue weighted by Crippen LogP contribution is -2.44. The van der Waals surface area contributed by atoms with Crippen molar-refractivity contribution in [1.29, 1.82) is 0 Å². The molecule has 2 aliphatic heterocycles. The van der Waals surface area contributed by atoms with Gasteiger partial charge in [-0.3, -0.25) is 19.3 Å². The first-order valence-electron chi connectivity index (χ1n) is 13.0. The largest absolute Gasteiger partial charge is 0.497 e. The van der Waals surface area contributed by atoms with Gasteiger partial charge in [-0.15, -0.1) is 0 Å². The minimum atomic E-state index is -0.703. The molecule has 2 aliphatic rings. The summed E-state index contributed by atoms with van der Waals surface area (Å²) in [7, 11) is 3.16. The number of carbonyl (C=O) groups is 3. The number of amides is 3. The number of amidine groups is 2. The van der Waals surface area contributed by atoms with Gasteiger partial charge in [-0.25, -0.2) is 4.99 Å². The minimum absolute atomic E-state index is 0.0666. The first kappa shape index (κ1) is 27.9. The fraction of sp³-hybridized carbons (Fsp3) is 0.233. The highest BCUT2D eigenvalue weighted by Crippen LogP contribution is 2.35. The SMILES string of the molecule is COc1ccc(NC(=O)CSC2=Nc3ccccc3C3=NC(=O)C(CCC(=O)NCc4ccccc4OC)N23)cc1. The van der Waals surface area contributed by atoms with Crippen LogP contribution in [0.4, 0.5) is 11.4 Å². The van der Waals surface area contributed by atoms with Crippen LogP contribution < -0.4 is 20.1 Å². The molecule has 2 heterocycles. The number of para-hydroxylation sites is 2. The Bertz CT molecular complexity index is 1520. The maximum Gasteiger partial charge on any atom is 0.270 e. The van der Waals surface area contributed by atoms with E-state index in [1.54, 1.807) is 43.4 Å². The number of nitrogens with zero attached hydrogens (tertiary/aromatic N) is 3. The van der Waals surface area contributed by atoms with Gasteiger partial charge in [0.2, 0.25) is 11.8 Å². The van der Waals surface area contributed by atoms with Gasteiger partial charge in [0, 0.05) is 29.8 Å². The summed E-state index contributed by atoms with van der Waals surface area (Å²) < 4.78 is 10.5. The average molecular weight is 572 g/mol. The van der Waals surface area contributed by atoms with Crippen molar-refractivity contribution in [2.24, 2.45) is 9.98 Å². The smallest absolute Gasteiger partial charge is 0.270 e. The molecule has 2 N–H and O–H groups in total. The summed E-state index contributed by atoms with van der Waals surface area (Å²) in [6.07, 6.45) is 0.353. The van der Waals surface area contributed by atoms with Crippen molar-refractivity contribution in [1.82, 2.24) is 10.2 Å². The Hall–Kier alpha value is -4.64. The van der Waals surface area contributed by atoms with Gasteiger partial charge in [0.1, 0.15) is 23.4 Å². The van der Waals surface area contributed by atoms with Crippen LogP contribution >= 0.6 is 11.8 Å². The quantitative estimate of drug-likeness (QED) is 0.375. The van der Waals surface area contributed by atoms with Crippen LogP contribution in [0.25, 0.3) is 0 Å². The highest BCUT2D eigenvalue weighted by molar-refractivity contribution is 8.14. The molecule has 3 aromatic rings. The molecule has 0 saturated heterocycles. The lowest BCUT2D eigenvalue weighted by molar-refractivity contribution is -0.122. The molecule has 0 saturated carbocycles. The van der Waals surface area contributed by atoms with E-state index in [0.29, 0.717) is 40.4 Å². The first-order valence-corrected chi connectivity index (χ1v) is 14.0. The number of methoxy groups -OCH3 is 2. The molecule has 1 atom stereocenters. The van der Waals surface area contributed by atoms with Crippen molar-refractivity contribution in [3.05, 3.63) is 83.9 Å². The monoisotopic (exact) mass is 571 g/mol. The van der Waals surface area contributed by atoms with Gasteiger partial charge in [-0.05, 0) is 48.9 Å². The molecule has 0 fully saturated rings. The third kappa shape index (κ3) is 6.41. The second-order valence-electron chi connectivity index (χ2n) is 9.26. The van der Waals surface area contributed by atoms with E-state index in [-0.39, 0.29) is 36.3 Å². The van der Waals surface area contributed by atoms with Crippen LogP contribution in [-0.2, 0) is 20.9 Å². The second kappa shape index (κ2) is 12.7. The van der Waals surface area contributed by atoms with E-state index in [9.17, 15) is 14.4 Å². The van der Waals surface area contributed by atoms with Gasteiger partial charge in [-0.1, -0.05) is 42.1 Å². The van der Waals surface area contributed by atoms with E-state index in [0.717, 1.165) is 11.1 Å². The standard InChI is InChI=1S/C30H29N5O5S/c1-39-21-13-11-20(12-14-21)32-27(37)18-41-30-33-23-9-5-4-8-22(23)28-34-29(38)24(35(28)30)15-16-26(36)31-17-19-7-3-6-10-25(19)40-2/h3-14,24H,15-18H2,1-2H3,(H,31,36)(H,32,37). The first-order chi connectivity index (χ1) is 20.0. The van der Waals surface area contributed by atoms with E-state index >= 15 is 0 Å². The van der Waals surface area contributed by atoms with Gasteiger partial charge >= 0.3 is 0 Å². The molecule has 10 nitrogen and oxygen atoms in total. The van der Waals surface area contributed by atoms with E-state index < -0.39 is 6.04 Å². The summed E-state index contributed by atoms with van der Waals surface area (Å²) in [6.45, 7) is 0.312. The topological polar surface area (TPSA) is 122 Å². The lowest BCUT2D eigenvalue weighted by atomic mass is 10.1. The Kier molecular flexibility index (Phi) is 8.64. The molecule has 11 heteroatoms. The summed E-state index contributed by atoms with van der Waals surface area (Å²) in [4.78, 5) is 49.4. The molecule has 0 bridgehead atoms. The Morgan fingerprint density at radius 1 is 0.927 bits per heavy atom. The summed E-state index contributed by atoms with van der Waals surface area (Å²) in [6, 6.07) is 21.2. The number of carbonyl (C=O) groups excluding carboxylic acids is 3. The molecule has 41 heavy (non-hydrogen) atoms. The third-order valence-electron chi connectivity index (χ3n) is 6.63. The number of aliphatic imine (C=N–C) groups is 2. The van der Waals surface area contributed by atoms with E-state index in [1.165, 1.54) is 11.8 Å². The number of hydrogen-bond donors (Lipinski definition) is 2. The second-order valence-corrected chi connectivity index (χ2v) is 10.2. The average Bonchev–Trinajstić information content (AvgIpc) is 3.34. The molecule has 210 valence electrons. The summed E-state index contributed by atoms with van der Waals surface area (Å²) >= 11 is 1.22. The third-order valence-corrected chi connectivity index (χ3v) is 7.58. The Balaban J connectivity index is 1.25. The summed E-state index contributed by atoms with van der Waals surface area (Å²) in [5.41, 5.74) is 2.90. The van der Waals surface area contributed by atoms with E-state index in [1.807, 2.05) is 48.5 Å². The number of anilines is 1. The molecule has 0 aromatic heterocycles. The fourth-order valence-corrected chi connectivity index (χ4v) is 5.42. The van der Waals surface area contributed by atoms with Crippen molar-refractivity contribution in [3.8, 4) is 11.5 Å². The summed E-state index contributed by atoms with van der Waals surface area (Å²) in [5.74, 6) is 1.17. The maximum atomic E-state index is 13.1. The summed E-state index contributed by atoms with van der Waals surface area (Å²) in [5, 5.41) is 6.24. The van der Waals surface area contributed by atoms with Crippen molar-refractivity contribution in [3.63, 3.8) is 0 Å². The highest BCUT2D eigenvalue weighted by Gasteiger charge is 2.41. The number of fused-ring (bicyclic) bond motifs is 3. The maximum absolute atomic E-state index is 13.1. The molecular weight excluding hydrogens is 542 g/mol. The molecule has 1 unspecified atom stereocenters. The molecule has 0 spiro atoms. The fourth-order valence-electron chi connectivity index (χ4n) is 4.58. The van der Waals surface area contributed by atoms with Crippen LogP contribution in [0.15, 0.2) is 82.8 Å². The zero-order valence-electron chi connectivity index (χ0n) is 22.6. The Morgan fingerprint density at radius 3 is 2.46 bits per heavy atom. The van der Waals surface area contributed by atoms with Crippen LogP contribution in [0.2, 0.25) is 0 Å². The van der Waals surface area contributed by atoms with Crippen molar-refractivity contribution in [2.75, 3.05) is 25.3 Å². The molecule has 5 rings (SSSR count). The van der Waals surface area contributed by atoms with Crippen molar-refractivity contribution < 1.29 is 23.9 Å². The molecule has 0 radical (unpaired) electrons. The number of benzene rings is 3. The van der Waals surface area contributed by atoms with Crippen LogP contribution in [0.1, 0.15) is 24.0 Å². The number of rotatable bonds is 10. The van der Waals surface area contributed by atoms with E-state index in [2.05, 4.69) is 15.6 Å². The number of hydrogen-bond acceptors (Lipinski definition) is 8. The number of ether oxygens (including phenoxy) is 2. The normalized spacial score (nSPS) is 15.3. The van der Waals surface area contributed by atoms with Crippen LogP contribution in [0, 0.1) is 0 Å². The van der Waals surface area contributed by atoms with Crippen molar-refractivity contribution in [2.45, 2.75) is 25.4 Å². The van der Waals surface area contributed by atoms with Crippen LogP contribution in [0.3, 0.4) is 0 Å². The van der Waals surface area contributed by atoms with Crippen LogP contribution in [-0.4, -0.2) is 59.6 Å². The number of thioether (sulfide) groups is 1. The zero-order chi connectivity index (χ0) is 28.8. The minimum Gasteiger partial charge on any atom is -0.497 e. The Labute approximate surface area is 241 Å². The predicted octanol–water partition coefficient (Wildman–Crippen LogP) is 4.13. The van der Waals surface area contributed by atoms with E-state index in [4.69, 9.17) is 14.5 Å². The Morgan fingerprint density at radius 2 is 1.68 bits per heavy atom. The van der Waals surface area contributed by atoms with Crippen LogP contribution in [0.5, 0.6) is 11.5 Å². The van der Waals surface area contributed by atoms with Gasteiger partial charge in [0.05, 0.1) is 25.7 Å². The zero-order valence-corrected chi connectivity index (χ0v) is 23.4. The molecule has 3 amide bonds. The lowest BCUT2D eigenvalue weighted by Gasteiger charge is -2.31. The molecular formula is C30H29N5O5S. The van der Waals surface area contributed by atoms with Gasteiger partial charge < -0.3 is 20.1 Å². The van der Waals surface area contributed by atoms with Gasteiger partial charge in [0.15, 0.2) is 5.17 Å². The predicted molar refractivity (Wildman–Crippen MR) is 159 cm³/mol. The van der Waals surface area contributed by atoms with Gasteiger partial charge in [0.25, 0.3) is 5.91 Å². The molecule has 3 aromatic carbocycles. The number of nitrogens with one attached hydrogen (secondary N) is 2.